The fourth-order valence-electron chi connectivity index (χ4n) is 2.44. The molecule has 2 amide bonds. The maximum absolute atomic E-state index is 12.0. The molecule has 3 rings (SSSR count). The van der Waals surface area contributed by atoms with Gasteiger partial charge in [-0.25, -0.2) is 4.79 Å². The molecule has 0 radical (unpaired) electrons. The number of ether oxygens (including phenoxy) is 2. The molecule has 1 aliphatic heterocycles. The summed E-state index contributed by atoms with van der Waals surface area (Å²) < 4.78 is 11.2. The van der Waals surface area contributed by atoms with Gasteiger partial charge in [-0.1, -0.05) is 17.7 Å². The van der Waals surface area contributed by atoms with Crippen molar-refractivity contribution in [1.82, 2.24) is 5.32 Å². The lowest BCUT2D eigenvalue weighted by molar-refractivity contribution is -0.384. The Hall–Kier alpha value is -3.00. The SMILES string of the molecule is O=C(NCc1cc(Cl)c2c(c1)OCCCO2)Nc1cccc([N+](=O)[O-])c1. The van der Waals surface area contributed by atoms with Crippen molar-refractivity contribution >= 4 is 29.0 Å². The number of hydrogen-bond donors (Lipinski definition) is 2. The van der Waals surface area contributed by atoms with Crippen molar-refractivity contribution in [2.75, 3.05) is 18.5 Å². The van der Waals surface area contributed by atoms with Gasteiger partial charge in [-0.05, 0) is 23.8 Å². The van der Waals surface area contributed by atoms with Crippen molar-refractivity contribution in [1.29, 1.82) is 0 Å². The summed E-state index contributed by atoms with van der Waals surface area (Å²) in [6, 6.07) is 8.66. The molecule has 0 fully saturated rings. The summed E-state index contributed by atoms with van der Waals surface area (Å²) >= 11 is 6.21. The largest absolute Gasteiger partial charge is 0.489 e. The number of carbonyl (C=O) groups excluding carboxylic acids is 1. The number of benzene rings is 2. The number of nitrogens with zero attached hydrogens (tertiary/aromatic N) is 1. The molecule has 0 spiro atoms. The first-order chi connectivity index (χ1) is 12.5. The van der Waals surface area contributed by atoms with E-state index in [2.05, 4.69) is 10.6 Å². The molecule has 136 valence electrons. The number of anilines is 1. The van der Waals surface area contributed by atoms with E-state index in [4.69, 9.17) is 21.1 Å². The zero-order valence-corrected chi connectivity index (χ0v) is 14.4. The zero-order valence-electron chi connectivity index (χ0n) is 13.7. The minimum absolute atomic E-state index is 0.0996. The highest BCUT2D eigenvalue weighted by Crippen LogP contribution is 2.37. The smallest absolute Gasteiger partial charge is 0.319 e. The Bertz CT molecular complexity index is 843. The number of fused-ring (bicyclic) bond motifs is 1. The molecule has 9 heteroatoms. The van der Waals surface area contributed by atoms with Crippen LogP contribution in [0.3, 0.4) is 0 Å². The van der Waals surface area contributed by atoms with Gasteiger partial charge >= 0.3 is 6.03 Å². The van der Waals surface area contributed by atoms with Crippen molar-refractivity contribution in [3.63, 3.8) is 0 Å². The number of hydrogen-bond acceptors (Lipinski definition) is 5. The molecule has 1 heterocycles. The van der Waals surface area contributed by atoms with E-state index in [1.807, 2.05) is 0 Å². The highest BCUT2D eigenvalue weighted by Gasteiger charge is 2.16. The molecular weight excluding hydrogens is 362 g/mol. The summed E-state index contributed by atoms with van der Waals surface area (Å²) in [5.74, 6) is 1.06. The van der Waals surface area contributed by atoms with E-state index in [0.29, 0.717) is 35.4 Å². The van der Waals surface area contributed by atoms with Crippen LogP contribution in [0, 0.1) is 10.1 Å². The summed E-state index contributed by atoms with van der Waals surface area (Å²) in [4.78, 5) is 22.3. The number of nitro groups is 1. The van der Waals surface area contributed by atoms with E-state index < -0.39 is 11.0 Å². The van der Waals surface area contributed by atoms with Crippen LogP contribution in [0.5, 0.6) is 11.5 Å². The number of carbonyl (C=O) groups is 1. The fourth-order valence-corrected chi connectivity index (χ4v) is 2.73. The van der Waals surface area contributed by atoms with Crippen LogP contribution in [0.1, 0.15) is 12.0 Å². The van der Waals surface area contributed by atoms with Crippen molar-refractivity contribution in [3.05, 3.63) is 57.1 Å². The second-order valence-electron chi connectivity index (χ2n) is 5.57. The third-order valence-electron chi connectivity index (χ3n) is 3.63. The summed E-state index contributed by atoms with van der Waals surface area (Å²) in [5.41, 5.74) is 0.972. The van der Waals surface area contributed by atoms with Gasteiger partial charge < -0.3 is 20.1 Å². The molecule has 0 atom stereocenters. The van der Waals surface area contributed by atoms with Gasteiger partial charge in [0.2, 0.25) is 0 Å². The van der Waals surface area contributed by atoms with Crippen molar-refractivity contribution in [3.8, 4) is 11.5 Å². The molecule has 0 saturated heterocycles. The Balaban J connectivity index is 1.63. The summed E-state index contributed by atoms with van der Waals surface area (Å²) in [6.07, 6.45) is 0.768. The van der Waals surface area contributed by atoms with Crippen molar-refractivity contribution < 1.29 is 19.2 Å². The molecule has 0 unspecified atom stereocenters. The van der Waals surface area contributed by atoms with Crippen molar-refractivity contribution in [2.24, 2.45) is 0 Å². The lowest BCUT2D eigenvalue weighted by Gasteiger charge is -2.12. The molecule has 0 aliphatic carbocycles. The number of nitrogens with one attached hydrogen (secondary N) is 2. The monoisotopic (exact) mass is 377 g/mol. The molecule has 2 N–H and O–H groups in total. The van der Waals surface area contributed by atoms with E-state index in [1.54, 1.807) is 18.2 Å². The average molecular weight is 378 g/mol. The number of halogens is 1. The Kier molecular flexibility index (Phi) is 5.43. The third kappa shape index (κ3) is 4.34. The molecule has 8 nitrogen and oxygen atoms in total. The van der Waals surface area contributed by atoms with Crippen LogP contribution in [0.4, 0.5) is 16.2 Å². The zero-order chi connectivity index (χ0) is 18.5. The molecule has 1 aliphatic rings. The van der Waals surface area contributed by atoms with E-state index in [0.717, 1.165) is 12.0 Å². The van der Waals surface area contributed by atoms with Crippen LogP contribution >= 0.6 is 11.6 Å². The Morgan fingerprint density at radius 2 is 2.04 bits per heavy atom. The molecule has 2 aromatic rings. The van der Waals surface area contributed by atoms with E-state index >= 15 is 0 Å². The normalized spacial score (nSPS) is 12.8. The predicted molar refractivity (Wildman–Crippen MR) is 96.0 cm³/mol. The first-order valence-electron chi connectivity index (χ1n) is 7.90. The second kappa shape index (κ2) is 7.92. The molecule has 26 heavy (non-hydrogen) atoms. The van der Waals surface area contributed by atoms with Crippen LogP contribution in [0.15, 0.2) is 36.4 Å². The Labute approximate surface area is 154 Å². The second-order valence-corrected chi connectivity index (χ2v) is 5.98. The number of urea groups is 1. The Morgan fingerprint density at radius 1 is 1.23 bits per heavy atom. The highest BCUT2D eigenvalue weighted by molar-refractivity contribution is 6.32. The number of amides is 2. The first kappa shape index (κ1) is 17.8. The summed E-state index contributed by atoms with van der Waals surface area (Å²) in [6.45, 7) is 1.28. The predicted octanol–water partition coefficient (Wildman–Crippen LogP) is 3.73. The molecule has 2 aromatic carbocycles. The van der Waals surface area contributed by atoms with E-state index in [9.17, 15) is 14.9 Å². The molecule has 0 aromatic heterocycles. The van der Waals surface area contributed by atoms with E-state index in [-0.39, 0.29) is 12.2 Å². The third-order valence-corrected chi connectivity index (χ3v) is 3.91. The highest BCUT2D eigenvalue weighted by atomic mass is 35.5. The van der Waals surface area contributed by atoms with Gasteiger partial charge in [-0.3, -0.25) is 10.1 Å². The minimum atomic E-state index is -0.525. The number of non-ortho nitro benzene ring substituents is 1. The standard InChI is InChI=1S/C17H16ClN3O5/c18-14-7-11(8-15-16(14)26-6-2-5-25-15)10-19-17(22)20-12-3-1-4-13(9-12)21(23)24/h1,3-4,7-9H,2,5-6,10H2,(H2,19,20,22). The minimum Gasteiger partial charge on any atom is -0.489 e. The van der Waals surface area contributed by atoms with Crippen LogP contribution in [0.2, 0.25) is 5.02 Å². The topological polar surface area (TPSA) is 103 Å². The molecular formula is C17H16ClN3O5. The van der Waals surface area contributed by atoms with E-state index in [1.165, 1.54) is 18.2 Å². The summed E-state index contributed by atoms with van der Waals surface area (Å²) in [5, 5.41) is 16.4. The molecule has 0 saturated carbocycles. The quantitative estimate of drug-likeness (QED) is 0.624. The lowest BCUT2D eigenvalue weighted by atomic mass is 10.2. The average Bonchev–Trinajstić information content (AvgIpc) is 2.86. The molecule has 0 bridgehead atoms. The Morgan fingerprint density at radius 3 is 2.85 bits per heavy atom. The first-order valence-corrected chi connectivity index (χ1v) is 8.28. The van der Waals surface area contributed by atoms with Crippen LogP contribution in [-0.2, 0) is 6.54 Å². The van der Waals surface area contributed by atoms with Gasteiger partial charge in [0, 0.05) is 30.8 Å². The van der Waals surface area contributed by atoms with Gasteiger partial charge in [-0.15, -0.1) is 0 Å². The van der Waals surface area contributed by atoms with Crippen LogP contribution in [0.25, 0.3) is 0 Å². The fraction of sp³-hybridized carbons (Fsp3) is 0.235. The number of nitro benzene ring substituents is 1. The van der Waals surface area contributed by atoms with Gasteiger partial charge in [0.15, 0.2) is 11.5 Å². The van der Waals surface area contributed by atoms with Gasteiger partial charge in [0.25, 0.3) is 5.69 Å². The van der Waals surface area contributed by atoms with Gasteiger partial charge in [0.05, 0.1) is 23.2 Å². The van der Waals surface area contributed by atoms with Crippen LogP contribution in [-0.4, -0.2) is 24.2 Å². The lowest BCUT2D eigenvalue weighted by Crippen LogP contribution is -2.28. The summed E-state index contributed by atoms with van der Waals surface area (Å²) in [7, 11) is 0. The van der Waals surface area contributed by atoms with Crippen LogP contribution < -0.4 is 20.1 Å². The van der Waals surface area contributed by atoms with Gasteiger partial charge in [-0.2, -0.15) is 0 Å². The number of rotatable bonds is 4. The van der Waals surface area contributed by atoms with Crippen molar-refractivity contribution in [2.45, 2.75) is 13.0 Å². The maximum Gasteiger partial charge on any atom is 0.319 e. The van der Waals surface area contributed by atoms with Gasteiger partial charge in [0.1, 0.15) is 0 Å². The maximum atomic E-state index is 12.0.